The van der Waals surface area contributed by atoms with Gasteiger partial charge in [0.25, 0.3) is 5.91 Å². The Balaban J connectivity index is 1.94. The predicted octanol–water partition coefficient (Wildman–Crippen LogP) is 2.80. The van der Waals surface area contributed by atoms with Gasteiger partial charge in [-0.25, -0.2) is 0 Å². The molecule has 0 aliphatic heterocycles. The van der Waals surface area contributed by atoms with Gasteiger partial charge in [-0.3, -0.25) is 9.48 Å². The molecule has 2 aromatic heterocycles. The summed E-state index contributed by atoms with van der Waals surface area (Å²) in [5.74, 6) is -0.0969. The SMILES string of the molecule is Cc1nn(Cc2ccccc2Cl)c2sc(C(=O)NCCN)cc12. The summed E-state index contributed by atoms with van der Waals surface area (Å²) in [7, 11) is 0. The fourth-order valence-corrected chi connectivity index (χ4v) is 3.67. The van der Waals surface area contributed by atoms with E-state index in [0.717, 1.165) is 21.5 Å². The second-order valence-corrected chi connectivity index (χ2v) is 6.65. The fraction of sp³-hybridized carbons (Fsp3) is 0.250. The summed E-state index contributed by atoms with van der Waals surface area (Å²) in [6.07, 6.45) is 0. The summed E-state index contributed by atoms with van der Waals surface area (Å²) in [4.78, 5) is 13.7. The fourth-order valence-electron chi connectivity index (χ4n) is 2.39. The molecular formula is C16H17ClN4OS. The van der Waals surface area contributed by atoms with Gasteiger partial charge >= 0.3 is 0 Å². The Kier molecular flexibility index (Phi) is 4.66. The Morgan fingerprint density at radius 3 is 2.96 bits per heavy atom. The molecule has 0 spiro atoms. The average molecular weight is 349 g/mol. The molecule has 7 heteroatoms. The number of aromatic nitrogens is 2. The number of thiophene rings is 1. The first-order chi connectivity index (χ1) is 11.1. The summed E-state index contributed by atoms with van der Waals surface area (Å²) < 4.78 is 1.90. The van der Waals surface area contributed by atoms with Gasteiger partial charge < -0.3 is 11.1 Å². The first-order valence-corrected chi connectivity index (χ1v) is 8.48. The van der Waals surface area contributed by atoms with E-state index in [1.54, 1.807) is 0 Å². The van der Waals surface area contributed by atoms with Crippen molar-refractivity contribution in [2.75, 3.05) is 13.1 Å². The van der Waals surface area contributed by atoms with E-state index in [4.69, 9.17) is 17.3 Å². The number of nitrogens with zero attached hydrogens (tertiary/aromatic N) is 2. The molecule has 1 amide bonds. The molecule has 0 aliphatic rings. The molecule has 0 saturated heterocycles. The van der Waals surface area contributed by atoms with Gasteiger partial charge in [-0.1, -0.05) is 29.8 Å². The molecule has 23 heavy (non-hydrogen) atoms. The first kappa shape index (κ1) is 16.0. The number of aryl methyl sites for hydroxylation is 1. The Morgan fingerprint density at radius 2 is 2.22 bits per heavy atom. The highest BCUT2D eigenvalue weighted by Gasteiger charge is 2.16. The maximum absolute atomic E-state index is 12.1. The molecule has 3 aromatic rings. The van der Waals surface area contributed by atoms with Gasteiger partial charge in [-0.15, -0.1) is 11.3 Å². The van der Waals surface area contributed by atoms with Gasteiger partial charge in [0.05, 0.1) is 17.1 Å². The minimum absolute atomic E-state index is 0.0969. The lowest BCUT2D eigenvalue weighted by Crippen LogP contribution is -2.28. The zero-order valence-electron chi connectivity index (χ0n) is 12.7. The molecule has 0 radical (unpaired) electrons. The van der Waals surface area contributed by atoms with Crippen LogP contribution in [-0.4, -0.2) is 28.8 Å². The number of carbonyl (C=O) groups is 1. The quantitative estimate of drug-likeness (QED) is 0.744. The monoisotopic (exact) mass is 348 g/mol. The third kappa shape index (κ3) is 3.24. The number of carbonyl (C=O) groups excluding carboxylic acids is 1. The van der Waals surface area contributed by atoms with E-state index in [1.807, 2.05) is 41.9 Å². The van der Waals surface area contributed by atoms with E-state index in [1.165, 1.54) is 11.3 Å². The van der Waals surface area contributed by atoms with E-state index >= 15 is 0 Å². The molecule has 3 N–H and O–H groups in total. The minimum atomic E-state index is -0.0969. The molecule has 0 atom stereocenters. The highest BCUT2D eigenvalue weighted by atomic mass is 35.5. The van der Waals surface area contributed by atoms with Crippen LogP contribution in [0.25, 0.3) is 10.2 Å². The number of hydrogen-bond donors (Lipinski definition) is 2. The third-order valence-electron chi connectivity index (χ3n) is 3.54. The van der Waals surface area contributed by atoms with E-state index in [-0.39, 0.29) is 5.91 Å². The molecule has 0 bridgehead atoms. The van der Waals surface area contributed by atoms with Crippen LogP contribution in [0.1, 0.15) is 20.9 Å². The van der Waals surface area contributed by atoms with Crippen molar-refractivity contribution in [2.45, 2.75) is 13.5 Å². The van der Waals surface area contributed by atoms with Crippen molar-refractivity contribution in [3.8, 4) is 0 Å². The number of nitrogens with one attached hydrogen (secondary N) is 1. The maximum Gasteiger partial charge on any atom is 0.261 e. The highest BCUT2D eigenvalue weighted by molar-refractivity contribution is 7.20. The van der Waals surface area contributed by atoms with Gasteiger partial charge in [0.1, 0.15) is 4.83 Å². The predicted molar refractivity (Wildman–Crippen MR) is 94.3 cm³/mol. The normalized spacial score (nSPS) is 11.1. The molecule has 120 valence electrons. The van der Waals surface area contributed by atoms with E-state index in [2.05, 4.69) is 10.4 Å². The zero-order chi connectivity index (χ0) is 16.4. The molecule has 0 aliphatic carbocycles. The molecule has 0 unspecified atom stereocenters. The van der Waals surface area contributed by atoms with Gasteiger partial charge in [-0.05, 0) is 24.6 Å². The standard InChI is InChI=1S/C16H17ClN4OS/c1-10-12-8-14(15(22)19-7-6-18)23-16(12)21(20-10)9-11-4-2-3-5-13(11)17/h2-5,8H,6-7,9,18H2,1H3,(H,19,22). The van der Waals surface area contributed by atoms with Crippen LogP contribution in [0.2, 0.25) is 5.02 Å². The number of benzene rings is 1. The van der Waals surface area contributed by atoms with Crippen molar-refractivity contribution in [3.63, 3.8) is 0 Å². The maximum atomic E-state index is 12.1. The smallest absolute Gasteiger partial charge is 0.261 e. The van der Waals surface area contributed by atoms with Crippen LogP contribution < -0.4 is 11.1 Å². The third-order valence-corrected chi connectivity index (χ3v) is 5.05. The Morgan fingerprint density at radius 1 is 1.43 bits per heavy atom. The van der Waals surface area contributed by atoms with Crippen molar-refractivity contribution < 1.29 is 4.79 Å². The molecule has 1 aromatic carbocycles. The summed E-state index contributed by atoms with van der Waals surface area (Å²) in [5.41, 5.74) is 7.33. The van der Waals surface area contributed by atoms with Crippen LogP contribution in [0.3, 0.4) is 0 Å². The van der Waals surface area contributed by atoms with Crippen LogP contribution in [0.5, 0.6) is 0 Å². The summed E-state index contributed by atoms with van der Waals surface area (Å²) in [6.45, 7) is 3.42. The number of rotatable bonds is 5. The Hall–Kier alpha value is -1.89. The van der Waals surface area contributed by atoms with Crippen molar-refractivity contribution in [3.05, 3.63) is 51.5 Å². The number of nitrogens with two attached hydrogens (primary N) is 1. The largest absolute Gasteiger partial charge is 0.350 e. The Labute approximate surface area is 143 Å². The van der Waals surface area contributed by atoms with Crippen LogP contribution in [0.4, 0.5) is 0 Å². The second-order valence-electron chi connectivity index (χ2n) is 5.21. The van der Waals surface area contributed by atoms with Crippen LogP contribution in [0, 0.1) is 6.92 Å². The van der Waals surface area contributed by atoms with Crippen molar-refractivity contribution in [1.82, 2.24) is 15.1 Å². The highest BCUT2D eigenvalue weighted by Crippen LogP contribution is 2.29. The number of fused-ring (bicyclic) bond motifs is 1. The molecule has 0 fully saturated rings. The summed E-state index contributed by atoms with van der Waals surface area (Å²) >= 11 is 7.66. The molecule has 2 heterocycles. The van der Waals surface area contributed by atoms with E-state index in [0.29, 0.717) is 29.5 Å². The van der Waals surface area contributed by atoms with E-state index < -0.39 is 0 Å². The first-order valence-electron chi connectivity index (χ1n) is 7.28. The van der Waals surface area contributed by atoms with Gasteiger partial charge in [-0.2, -0.15) is 5.10 Å². The molecular weight excluding hydrogens is 332 g/mol. The van der Waals surface area contributed by atoms with E-state index in [9.17, 15) is 4.79 Å². The Bertz CT molecular complexity index is 855. The number of amides is 1. The average Bonchev–Trinajstić information content (AvgIpc) is 3.09. The van der Waals surface area contributed by atoms with Crippen molar-refractivity contribution in [2.24, 2.45) is 5.73 Å². The van der Waals surface area contributed by atoms with Crippen LogP contribution in [0.15, 0.2) is 30.3 Å². The molecule has 0 saturated carbocycles. The van der Waals surface area contributed by atoms with Crippen LogP contribution in [-0.2, 0) is 6.54 Å². The number of halogens is 1. The van der Waals surface area contributed by atoms with Gasteiger partial charge in [0, 0.05) is 23.5 Å². The molecule has 3 rings (SSSR count). The van der Waals surface area contributed by atoms with Crippen LogP contribution >= 0.6 is 22.9 Å². The lowest BCUT2D eigenvalue weighted by molar-refractivity contribution is 0.0959. The lowest BCUT2D eigenvalue weighted by Gasteiger charge is -2.05. The number of hydrogen-bond acceptors (Lipinski definition) is 4. The van der Waals surface area contributed by atoms with Gasteiger partial charge in [0.2, 0.25) is 0 Å². The lowest BCUT2D eigenvalue weighted by atomic mass is 10.2. The second kappa shape index (κ2) is 6.70. The zero-order valence-corrected chi connectivity index (χ0v) is 14.2. The minimum Gasteiger partial charge on any atom is -0.350 e. The van der Waals surface area contributed by atoms with Crippen molar-refractivity contribution in [1.29, 1.82) is 0 Å². The van der Waals surface area contributed by atoms with Gasteiger partial charge in [0.15, 0.2) is 0 Å². The summed E-state index contributed by atoms with van der Waals surface area (Å²) in [5, 5.41) is 9.07. The topological polar surface area (TPSA) is 72.9 Å². The molecule has 5 nitrogen and oxygen atoms in total. The summed E-state index contributed by atoms with van der Waals surface area (Å²) in [6, 6.07) is 9.59. The van der Waals surface area contributed by atoms with Crippen molar-refractivity contribution >= 4 is 39.1 Å².